The summed E-state index contributed by atoms with van der Waals surface area (Å²) in [4.78, 5) is 25.3. The summed E-state index contributed by atoms with van der Waals surface area (Å²) >= 11 is 0. The van der Waals surface area contributed by atoms with Gasteiger partial charge in [0.25, 0.3) is 0 Å². The van der Waals surface area contributed by atoms with Crippen LogP contribution >= 0.6 is 0 Å². The molecule has 0 N–H and O–H groups in total. The summed E-state index contributed by atoms with van der Waals surface area (Å²) in [6, 6.07) is 16.9. The maximum absolute atomic E-state index is 13.4. The van der Waals surface area contributed by atoms with E-state index < -0.39 is 0 Å². The highest BCUT2D eigenvalue weighted by Crippen LogP contribution is 2.26. The number of hydrogen-bond acceptors (Lipinski definition) is 5. The molecule has 2 saturated heterocycles. The molecule has 3 aromatic rings. The molecule has 5 rings (SSSR count). The fraction of sp³-hybridized carbons (Fsp3) is 0.500. The van der Waals surface area contributed by atoms with Gasteiger partial charge in [-0.15, -0.1) is 0 Å². The number of piperazine rings is 1. The molecule has 0 saturated carbocycles. The fourth-order valence-electron chi connectivity index (χ4n) is 5.62. The SMILES string of the molecule is COc1ccc(N2CCN(C(=O)[C@H]3CCCN(Cc4nc5ccccc5n4C(C)C)C3)CC2)cc1. The van der Waals surface area contributed by atoms with Crippen molar-refractivity contribution in [1.82, 2.24) is 19.4 Å². The molecule has 2 aliphatic heterocycles. The fourth-order valence-corrected chi connectivity index (χ4v) is 5.62. The summed E-state index contributed by atoms with van der Waals surface area (Å²) in [6.07, 6.45) is 2.04. The molecule has 1 aromatic heterocycles. The van der Waals surface area contributed by atoms with Gasteiger partial charge in [0.1, 0.15) is 11.6 Å². The van der Waals surface area contributed by atoms with Crippen LogP contribution in [-0.2, 0) is 11.3 Å². The van der Waals surface area contributed by atoms with Crippen molar-refractivity contribution in [2.75, 3.05) is 51.3 Å². The van der Waals surface area contributed by atoms with Gasteiger partial charge in [-0.1, -0.05) is 12.1 Å². The van der Waals surface area contributed by atoms with Crippen molar-refractivity contribution in [3.8, 4) is 5.75 Å². The number of amides is 1. The lowest BCUT2D eigenvalue weighted by molar-refractivity contribution is -0.137. The normalized spacial score (nSPS) is 19.5. The number of fused-ring (bicyclic) bond motifs is 1. The first-order chi connectivity index (χ1) is 17.0. The summed E-state index contributed by atoms with van der Waals surface area (Å²) in [5, 5.41) is 0. The number of hydrogen-bond donors (Lipinski definition) is 0. The molecule has 186 valence electrons. The van der Waals surface area contributed by atoms with Crippen molar-refractivity contribution >= 4 is 22.6 Å². The first-order valence-electron chi connectivity index (χ1n) is 12.9. The van der Waals surface area contributed by atoms with Crippen LogP contribution < -0.4 is 9.64 Å². The average molecular weight is 476 g/mol. The van der Waals surface area contributed by atoms with Crippen LogP contribution in [0.5, 0.6) is 5.75 Å². The number of anilines is 1. The molecule has 1 amide bonds. The van der Waals surface area contributed by atoms with Gasteiger partial charge in [-0.25, -0.2) is 4.98 Å². The zero-order chi connectivity index (χ0) is 24.4. The van der Waals surface area contributed by atoms with E-state index >= 15 is 0 Å². The number of methoxy groups -OCH3 is 1. The number of rotatable bonds is 6. The maximum atomic E-state index is 13.4. The Morgan fingerprint density at radius 2 is 1.77 bits per heavy atom. The Hall–Kier alpha value is -3.06. The second kappa shape index (κ2) is 10.3. The Kier molecular flexibility index (Phi) is 6.95. The van der Waals surface area contributed by atoms with Crippen LogP contribution in [0, 0.1) is 5.92 Å². The van der Waals surface area contributed by atoms with Crippen LogP contribution in [0.2, 0.25) is 0 Å². The van der Waals surface area contributed by atoms with Gasteiger partial charge in [0.05, 0.1) is 30.6 Å². The van der Waals surface area contributed by atoms with Crippen molar-refractivity contribution in [2.24, 2.45) is 5.92 Å². The van der Waals surface area contributed by atoms with E-state index in [1.165, 1.54) is 11.2 Å². The van der Waals surface area contributed by atoms with Crippen LogP contribution in [-0.4, -0.2) is 71.6 Å². The van der Waals surface area contributed by atoms with Crippen molar-refractivity contribution in [3.05, 3.63) is 54.4 Å². The molecule has 0 unspecified atom stereocenters. The average Bonchev–Trinajstić information content (AvgIpc) is 3.26. The van der Waals surface area contributed by atoms with Crippen LogP contribution in [0.25, 0.3) is 11.0 Å². The van der Waals surface area contributed by atoms with E-state index in [9.17, 15) is 4.79 Å². The predicted molar refractivity (Wildman–Crippen MR) is 140 cm³/mol. The molecule has 2 aromatic carbocycles. The third kappa shape index (κ3) is 5.01. The molecule has 0 bridgehead atoms. The van der Waals surface area contributed by atoms with Crippen molar-refractivity contribution in [2.45, 2.75) is 39.3 Å². The standard InChI is InChI=1S/C28H37N5O2/c1-21(2)33-26-9-5-4-8-25(26)29-27(33)20-30-14-6-7-22(19-30)28(34)32-17-15-31(16-18-32)23-10-12-24(35-3)13-11-23/h4-5,8-13,21-22H,6-7,14-20H2,1-3H3/t22-/m0/s1. The summed E-state index contributed by atoms with van der Waals surface area (Å²) in [7, 11) is 1.69. The molecule has 0 aliphatic carbocycles. The van der Waals surface area contributed by atoms with Crippen LogP contribution in [0.15, 0.2) is 48.5 Å². The predicted octanol–water partition coefficient (Wildman–Crippen LogP) is 4.19. The summed E-state index contributed by atoms with van der Waals surface area (Å²) < 4.78 is 7.62. The number of nitrogens with zero attached hydrogens (tertiary/aromatic N) is 5. The highest BCUT2D eigenvalue weighted by Gasteiger charge is 2.31. The third-order valence-corrected chi connectivity index (χ3v) is 7.43. The molecule has 2 fully saturated rings. The minimum Gasteiger partial charge on any atom is -0.497 e. The second-order valence-corrected chi connectivity index (χ2v) is 10.1. The number of imidazole rings is 1. The lowest BCUT2D eigenvalue weighted by Crippen LogP contribution is -2.52. The van der Waals surface area contributed by atoms with Gasteiger partial charge < -0.3 is 19.1 Å². The van der Waals surface area contributed by atoms with Gasteiger partial charge in [0.2, 0.25) is 5.91 Å². The van der Waals surface area contributed by atoms with Crippen LogP contribution in [0.1, 0.15) is 38.6 Å². The van der Waals surface area contributed by atoms with Gasteiger partial charge in [-0.2, -0.15) is 0 Å². The number of carbonyl (C=O) groups excluding carboxylic acids is 1. The number of para-hydroxylation sites is 2. The van der Waals surface area contributed by atoms with E-state index in [1.807, 2.05) is 18.2 Å². The first-order valence-corrected chi connectivity index (χ1v) is 12.9. The molecule has 2 aliphatic rings. The quantitative estimate of drug-likeness (QED) is 0.535. The van der Waals surface area contributed by atoms with Gasteiger partial charge in [-0.3, -0.25) is 9.69 Å². The zero-order valence-corrected chi connectivity index (χ0v) is 21.2. The Balaban J connectivity index is 1.20. The monoisotopic (exact) mass is 475 g/mol. The number of benzene rings is 2. The van der Waals surface area contributed by atoms with E-state index in [1.54, 1.807) is 7.11 Å². The van der Waals surface area contributed by atoms with E-state index in [4.69, 9.17) is 9.72 Å². The largest absolute Gasteiger partial charge is 0.497 e. The van der Waals surface area contributed by atoms with E-state index in [0.717, 1.165) is 75.7 Å². The summed E-state index contributed by atoms with van der Waals surface area (Å²) in [5.41, 5.74) is 3.43. The Morgan fingerprint density at radius 1 is 1.03 bits per heavy atom. The molecule has 7 nitrogen and oxygen atoms in total. The van der Waals surface area contributed by atoms with Crippen molar-refractivity contribution < 1.29 is 9.53 Å². The lowest BCUT2D eigenvalue weighted by atomic mass is 9.96. The highest BCUT2D eigenvalue weighted by molar-refractivity contribution is 5.79. The maximum Gasteiger partial charge on any atom is 0.227 e. The van der Waals surface area contributed by atoms with Gasteiger partial charge >= 0.3 is 0 Å². The first kappa shape index (κ1) is 23.7. The second-order valence-electron chi connectivity index (χ2n) is 10.1. The molecular weight excluding hydrogens is 438 g/mol. The molecule has 35 heavy (non-hydrogen) atoms. The molecule has 1 atom stereocenters. The van der Waals surface area contributed by atoms with E-state index in [0.29, 0.717) is 11.9 Å². The van der Waals surface area contributed by atoms with Gasteiger partial charge in [0.15, 0.2) is 0 Å². The van der Waals surface area contributed by atoms with Crippen molar-refractivity contribution in [3.63, 3.8) is 0 Å². The number of aromatic nitrogens is 2. The lowest BCUT2D eigenvalue weighted by Gasteiger charge is -2.39. The number of piperidine rings is 1. The Bertz CT molecular complexity index is 1150. The number of carbonyl (C=O) groups is 1. The molecule has 0 spiro atoms. The van der Waals surface area contributed by atoms with Gasteiger partial charge in [0, 0.05) is 44.5 Å². The molecule has 7 heteroatoms. The Morgan fingerprint density at radius 3 is 2.49 bits per heavy atom. The third-order valence-electron chi connectivity index (χ3n) is 7.43. The van der Waals surface area contributed by atoms with Crippen LogP contribution in [0.3, 0.4) is 0 Å². The minimum absolute atomic E-state index is 0.0770. The molecule has 3 heterocycles. The highest BCUT2D eigenvalue weighted by atomic mass is 16.5. The number of ether oxygens (including phenoxy) is 1. The topological polar surface area (TPSA) is 53.8 Å². The molecule has 0 radical (unpaired) electrons. The zero-order valence-electron chi connectivity index (χ0n) is 21.2. The molecular formula is C28H37N5O2. The number of likely N-dealkylation sites (tertiary alicyclic amines) is 1. The smallest absolute Gasteiger partial charge is 0.227 e. The van der Waals surface area contributed by atoms with E-state index in [2.05, 4.69) is 63.4 Å². The van der Waals surface area contributed by atoms with Gasteiger partial charge in [-0.05, 0) is 69.6 Å². The van der Waals surface area contributed by atoms with E-state index in [-0.39, 0.29) is 5.92 Å². The Labute approximate surface area is 208 Å². The summed E-state index contributed by atoms with van der Waals surface area (Å²) in [5.74, 6) is 2.37. The van der Waals surface area contributed by atoms with Crippen molar-refractivity contribution in [1.29, 1.82) is 0 Å². The van der Waals surface area contributed by atoms with Crippen LogP contribution in [0.4, 0.5) is 5.69 Å². The minimum atomic E-state index is 0.0770. The summed E-state index contributed by atoms with van der Waals surface area (Å²) in [6.45, 7) is 10.4.